The van der Waals surface area contributed by atoms with Gasteiger partial charge in [-0.25, -0.2) is 0 Å². The van der Waals surface area contributed by atoms with Gasteiger partial charge in [-0.2, -0.15) is 0 Å². The molecule has 0 aromatic carbocycles. The van der Waals surface area contributed by atoms with E-state index in [0.29, 0.717) is 24.8 Å². The van der Waals surface area contributed by atoms with Crippen LogP contribution in [0.5, 0.6) is 0 Å². The molecule has 2 atom stereocenters. The zero-order chi connectivity index (χ0) is 11.3. The number of rotatable bonds is 5. The van der Waals surface area contributed by atoms with Gasteiger partial charge in [0, 0.05) is 38.6 Å². The minimum Gasteiger partial charge on any atom is -0.381 e. The molecule has 0 unspecified atom stereocenters. The number of nitrogens with zero attached hydrogens (tertiary/aromatic N) is 1. The van der Waals surface area contributed by atoms with Crippen LogP contribution in [0.15, 0.2) is 0 Å². The van der Waals surface area contributed by atoms with Crippen molar-refractivity contribution in [2.75, 3.05) is 32.8 Å². The summed E-state index contributed by atoms with van der Waals surface area (Å²) in [5, 5.41) is 0. The number of carbonyl (C=O) groups excluding carboxylic acids is 1. The third kappa shape index (κ3) is 3.47. The maximum Gasteiger partial charge on any atom is 0.223 e. The Bertz CT molecular complexity index is 209. The van der Waals surface area contributed by atoms with Crippen molar-refractivity contribution in [3.05, 3.63) is 0 Å². The molecule has 1 amide bonds. The van der Waals surface area contributed by atoms with Crippen LogP contribution in [0.1, 0.15) is 20.3 Å². The molecule has 0 spiro atoms. The topological polar surface area (TPSA) is 55.6 Å². The van der Waals surface area contributed by atoms with Gasteiger partial charge in [-0.3, -0.25) is 4.79 Å². The van der Waals surface area contributed by atoms with Gasteiger partial charge in [0.1, 0.15) is 0 Å². The molecule has 88 valence electrons. The van der Waals surface area contributed by atoms with E-state index >= 15 is 0 Å². The van der Waals surface area contributed by atoms with Crippen molar-refractivity contribution in [3.8, 4) is 0 Å². The summed E-state index contributed by atoms with van der Waals surface area (Å²) >= 11 is 0. The third-order valence-electron chi connectivity index (χ3n) is 3.01. The van der Waals surface area contributed by atoms with Crippen LogP contribution in [0.3, 0.4) is 0 Å². The molecule has 2 N–H and O–H groups in total. The van der Waals surface area contributed by atoms with Crippen molar-refractivity contribution in [2.24, 2.45) is 17.6 Å². The van der Waals surface area contributed by atoms with Crippen molar-refractivity contribution in [3.63, 3.8) is 0 Å². The Morgan fingerprint density at radius 1 is 1.53 bits per heavy atom. The minimum atomic E-state index is 0.184. The van der Waals surface area contributed by atoms with Crippen LogP contribution in [0, 0.1) is 11.8 Å². The van der Waals surface area contributed by atoms with E-state index in [4.69, 9.17) is 10.5 Å². The molecular formula is C11H22N2O2. The van der Waals surface area contributed by atoms with E-state index in [-0.39, 0.29) is 5.91 Å². The van der Waals surface area contributed by atoms with Gasteiger partial charge < -0.3 is 15.4 Å². The van der Waals surface area contributed by atoms with Crippen LogP contribution >= 0.6 is 0 Å². The maximum absolute atomic E-state index is 11.6. The summed E-state index contributed by atoms with van der Waals surface area (Å²) in [6, 6.07) is 0. The first kappa shape index (κ1) is 12.5. The van der Waals surface area contributed by atoms with E-state index in [1.807, 2.05) is 11.8 Å². The third-order valence-corrected chi connectivity index (χ3v) is 3.01. The first-order valence-electron chi connectivity index (χ1n) is 5.74. The number of hydrogen-bond donors (Lipinski definition) is 1. The summed E-state index contributed by atoms with van der Waals surface area (Å²) in [5.74, 6) is 1.22. The second-order valence-electron chi connectivity index (χ2n) is 4.23. The molecule has 4 heteroatoms. The largest absolute Gasteiger partial charge is 0.381 e. The number of ether oxygens (including phenoxy) is 1. The lowest BCUT2D eigenvalue weighted by molar-refractivity contribution is -0.130. The fourth-order valence-electron chi connectivity index (χ4n) is 2.01. The van der Waals surface area contributed by atoms with Crippen molar-refractivity contribution in [2.45, 2.75) is 20.3 Å². The summed E-state index contributed by atoms with van der Waals surface area (Å²) in [6.07, 6.45) is 0.466. The van der Waals surface area contributed by atoms with E-state index in [9.17, 15) is 4.79 Å². The Kier molecular flexibility index (Phi) is 5.05. The summed E-state index contributed by atoms with van der Waals surface area (Å²) in [5.41, 5.74) is 5.37. The highest BCUT2D eigenvalue weighted by atomic mass is 16.5. The molecular weight excluding hydrogens is 192 g/mol. The molecule has 1 fully saturated rings. The van der Waals surface area contributed by atoms with E-state index in [0.717, 1.165) is 26.3 Å². The number of amides is 1. The van der Waals surface area contributed by atoms with E-state index in [1.165, 1.54) is 0 Å². The lowest BCUT2D eigenvalue weighted by Gasteiger charge is -2.15. The van der Waals surface area contributed by atoms with Gasteiger partial charge in [-0.15, -0.1) is 0 Å². The van der Waals surface area contributed by atoms with Crippen LogP contribution < -0.4 is 5.73 Å². The van der Waals surface area contributed by atoms with Gasteiger partial charge in [-0.1, -0.05) is 6.92 Å². The quantitative estimate of drug-likeness (QED) is 0.723. The highest BCUT2D eigenvalue weighted by Crippen LogP contribution is 2.23. The summed E-state index contributed by atoms with van der Waals surface area (Å²) < 4.78 is 5.41. The Morgan fingerprint density at radius 2 is 2.27 bits per heavy atom. The van der Waals surface area contributed by atoms with Gasteiger partial charge in [0.15, 0.2) is 0 Å². The van der Waals surface area contributed by atoms with E-state index < -0.39 is 0 Å². The molecule has 0 aromatic rings. The fourth-order valence-corrected chi connectivity index (χ4v) is 2.01. The average Bonchev–Trinajstić information content (AvgIpc) is 2.57. The van der Waals surface area contributed by atoms with Gasteiger partial charge in [-0.05, 0) is 12.8 Å². The van der Waals surface area contributed by atoms with Gasteiger partial charge in [0.05, 0.1) is 6.61 Å². The number of carbonyl (C=O) groups is 1. The minimum absolute atomic E-state index is 0.184. The maximum atomic E-state index is 11.6. The zero-order valence-electron chi connectivity index (χ0n) is 9.74. The first-order valence-corrected chi connectivity index (χ1v) is 5.74. The van der Waals surface area contributed by atoms with Gasteiger partial charge >= 0.3 is 0 Å². The summed E-state index contributed by atoms with van der Waals surface area (Å²) in [6.45, 7) is 7.83. The fraction of sp³-hybridized carbons (Fsp3) is 0.909. The van der Waals surface area contributed by atoms with Crippen molar-refractivity contribution in [1.29, 1.82) is 0 Å². The molecule has 1 aliphatic heterocycles. The number of likely N-dealkylation sites (tertiary alicyclic amines) is 1. The normalized spacial score (nSPS) is 25.9. The van der Waals surface area contributed by atoms with Gasteiger partial charge in [0.2, 0.25) is 5.91 Å². The SMILES string of the molecule is CCOC[C@H]1CN(C(=O)CCN)C[C@@H]1C. The van der Waals surface area contributed by atoms with Crippen molar-refractivity contribution in [1.82, 2.24) is 4.90 Å². The Labute approximate surface area is 91.8 Å². The molecule has 1 rings (SSSR count). The van der Waals surface area contributed by atoms with E-state index in [1.54, 1.807) is 0 Å². The molecule has 1 saturated heterocycles. The van der Waals surface area contributed by atoms with Crippen LogP contribution in [-0.4, -0.2) is 43.7 Å². The molecule has 4 nitrogen and oxygen atoms in total. The molecule has 0 bridgehead atoms. The molecule has 0 radical (unpaired) electrons. The second kappa shape index (κ2) is 6.08. The number of hydrogen-bond acceptors (Lipinski definition) is 3. The monoisotopic (exact) mass is 214 g/mol. The van der Waals surface area contributed by atoms with Gasteiger partial charge in [0.25, 0.3) is 0 Å². The molecule has 0 aliphatic carbocycles. The van der Waals surface area contributed by atoms with Crippen molar-refractivity contribution < 1.29 is 9.53 Å². The lowest BCUT2D eigenvalue weighted by atomic mass is 9.99. The Hall–Kier alpha value is -0.610. The van der Waals surface area contributed by atoms with Crippen LogP contribution in [0.2, 0.25) is 0 Å². The average molecular weight is 214 g/mol. The van der Waals surface area contributed by atoms with Crippen molar-refractivity contribution >= 4 is 5.91 Å². The molecule has 0 saturated carbocycles. The first-order chi connectivity index (χ1) is 7.19. The molecule has 15 heavy (non-hydrogen) atoms. The zero-order valence-corrected chi connectivity index (χ0v) is 9.74. The lowest BCUT2D eigenvalue weighted by Crippen LogP contribution is -2.30. The molecule has 1 heterocycles. The standard InChI is InChI=1S/C11H22N2O2/c1-3-15-8-10-7-13(6-9(10)2)11(14)4-5-12/h9-10H,3-8,12H2,1-2H3/t9-,10+/m0/s1. The number of nitrogens with two attached hydrogens (primary N) is 1. The van der Waals surface area contributed by atoms with E-state index in [2.05, 4.69) is 6.92 Å². The Morgan fingerprint density at radius 3 is 2.87 bits per heavy atom. The van der Waals surface area contributed by atoms with Crippen LogP contribution in [0.25, 0.3) is 0 Å². The highest BCUT2D eigenvalue weighted by Gasteiger charge is 2.31. The predicted octanol–water partition coefficient (Wildman–Crippen LogP) is 0.466. The molecule has 1 aliphatic rings. The summed E-state index contributed by atoms with van der Waals surface area (Å²) in [7, 11) is 0. The van der Waals surface area contributed by atoms with Crippen LogP contribution in [0.4, 0.5) is 0 Å². The Balaban J connectivity index is 2.37. The molecule has 0 aromatic heterocycles. The smallest absolute Gasteiger partial charge is 0.223 e. The highest BCUT2D eigenvalue weighted by molar-refractivity contribution is 5.76. The summed E-state index contributed by atoms with van der Waals surface area (Å²) in [4.78, 5) is 13.5. The second-order valence-corrected chi connectivity index (χ2v) is 4.23. The van der Waals surface area contributed by atoms with Crippen LogP contribution in [-0.2, 0) is 9.53 Å². The predicted molar refractivity (Wildman–Crippen MR) is 59.4 cm³/mol.